The van der Waals surface area contributed by atoms with Gasteiger partial charge in [0.05, 0.1) is 0 Å². The largest absolute Gasteiger partial charge is 0.398 e. The highest BCUT2D eigenvalue weighted by molar-refractivity contribution is 5.92. The molecule has 2 aliphatic heterocycles. The van der Waals surface area contributed by atoms with E-state index in [1.807, 2.05) is 36.9 Å². The minimum absolute atomic E-state index is 0. The average molecular weight is 328 g/mol. The van der Waals surface area contributed by atoms with Gasteiger partial charge in [0.25, 0.3) is 0 Å². The van der Waals surface area contributed by atoms with Gasteiger partial charge in [-0.15, -0.1) is 0 Å². The minimum atomic E-state index is 0. The van der Waals surface area contributed by atoms with E-state index in [0.29, 0.717) is 17.8 Å². The van der Waals surface area contributed by atoms with Crippen LogP contribution in [0.15, 0.2) is 29.3 Å². The number of aryl methyl sites for hydroxylation is 1. The van der Waals surface area contributed by atoms with Crippen LogP contribution in [0.3, 0.4) is 0 Å². The molecule has 24 heavy (non-hydrogen) atoms. The van der Waals surface area contributed by atoms with E-state index in [0.717, 1.165) is 36.2 Å². The molecule has 3 N–H and O–H groups in total. The van der Waals surface area contributed by atoms with E-state index < -0.39 is 0 Å². The number of amides is 2. The fourth-order valence-electron chi connectivity index (χ4n) is 3.66. The molecule has 0 aromatic heterocycles. The van der Waals surface area contributed by atoms with Gasteiger partial charge >= 0.3 is 6.03 Å². The topological polar surface area (TPSA) is 70.7 Å². The highest BCUT2D eigenvalue weighted by Gasteiger charge is 2.44. The molecule has 2 atom stereocenters. The quantitative estimate of drug-likeness (QED) is 0.826. The third-order valence-electron chi connectivity index (χ3n) is 4.98. The molecule has 2 aliphatic rings. The summed E-state index contributed by atoms with van der Waals surface area (Å²) in [5.41, 5.74) is 9.60. The van der Waals surface area contributed by atoms with Gasteiger partial charge in [0.15, 0.2) is 0 Å². The Morgan fingerprint density at radius 2 is 2.21 bits per heavy atom. The number of nitrogens with two attached hydrogens (primary N) is 1. The van der Waals surface area contributed by atoms with Gasteiger partial charge in [-0.25, -0.2) is 4.79 Å². The zero-order valence-corrected chi connectivity index (χ0v) is 14.5. The molecule has 0 aliphatic carbocycles. The molecule has 2 amide bonds. The van der Waals surface area contributed by atoms with Crippen LogP contribution < -0.4 is 11.1 Å². The van der Waals surface area contributed by atoms with E-state index in [4.69, 9.17) is 5.73 Å². The molecule has 1 aromatic carbocycles. The molecule has 0 spiro atoms. The number of piperidine rings is 1. The molecular weight excluding hydrogens is 300 g/mol. The number of anilines is 1. The highest BCUT2D eigenvalue weighted by Crippen LogP contribution is 2.38. The van der Waals surface area contributed by atoms with Crippen molar-refractivity contribution >= 4 is 23.6 Å². The summed E-state index contributed by atoms with van der Waals surface area (Å²) in [7, 11) is 0. The van der Waals surface area contributed by atoms with E-state index in [9.17, 15) is 4.79 Å². The Balaban J connectivity index is 0.00000225. The first kappa shape index (κ1) is 16.6. The van der Waals surface area contributed by atoms with Crippen LogP contribution in [0.5, 0.6) is 0 Å². The predicted octanol–water partition coefficient (Wildman–Crippen LogP) is 3.79. The van der Waals surface area contributed by atoms with E-state index in [-0.39, 0.29) is 7.46 Å². The van der Waals surface area contributed by atoms with Crippen LogP contribution in [0.25, 0.3) is 5.70 Å². The first-order chi connectivity index (χ1) is 11.6. The van der Waals surface area contributed by atoms with Crippen molar-refractivity contribution in [1.82, 2.24) is 4.90 Å². The third kappa shape index (κ3) is 3.30. The van der Waals surface area contributed by atoms with Gasteiger partial charge in [0, 0.05) is 43.2 Å². The average Bonchev–Trinajstić information content (AvgIpc) is 2.57. The third-order valence-corrected chi connectivity index (χ3v) is 4.98. The number of hydrogen-bond acceptors (Lipinski definition) is 3. The number of aliphatic imine (C=N–C) groups is 1. The molecule has 1 aromatic rings. The van der Waals surface area contributed by atoms with Crippen LogP contribution >= 0.6 is 0 Å². The van der Waals surface area contributed by atoms with Crippen LogP contribution in [0.4, 0.5) is 10.5 Å². The van der Waals surface area contributed by atoms with Gasteiger partial charge in [0.1, 0.15) is 0 Å². The normalized spacial score (nSPS) is 23.2. The Morgan fingerprint density at radius 1 is 1.46 bits per heavy atom. The van der Waals surface area contributed by atoms with E-state index in [1.54, 1.807) is 12.3 Å². The lowest BCUT2D eigenvalue weighted by molar-refractivity contribution is 0.0173. The first-order valence-electron chi connectivity index (χ1n) is 8.76. The second kappa shape index (κ2) is 7.07. The Labute approximate surface area is 145 Å². The van der Waals surface area contributed by atoms with Crippen molar-refractivity contribution in [2.75, 3.05) is 11.9 Å². The smallest absolute Gasteiger partial charge is 0.322 e. The van der Waals surface area contributed by atoms with Crippen LogP contribution in [-0.4, -0.2) is 35.8 Å². The van der Waals surface area contributed by atoms with E-state index in [2.05, 4.69) is 10.3 Å². The van der Waals surface area contributed by atoms with Crippen molar-refractivity contribution in [3.63, 3.8) is 0 Å². The first-order valence-corrected chi connectivity index (χ1v) is 8.76. The number of allylic oxidation sites excluding steroid dienone is 1. The summed E-state index contributed by atoms with van der Waals surface area (Å²) in [6, 6.07) is 6.74. The Morgan fingerprint density at radius 3 is 2.88 bits per heavy atom. The lowest BCUT2D eigenvalue weighted by Gasteiger charge is -2.52. The predicted molar refractivity (Wildman–Crippen MR) is 101 cm³/mol. The number of carbonyl (C=O) groups is 1. The monoisotopic (exact) mass is 328 g/mol. The molecule has 0 radical (unpaired) electrons. The van der Waals surface area contributed by atoms with Gasteiger partial charge < -0.3 is 16.0 Å². The summed E-state index contributed by atoms with van der Waals surface area (Å²) in [5.74, 6) is 0. The second-order valence-electron chi connectivity index (χ2n) is 6.61. The molecule has 2 bridgehead atoms. The van der Waals surface area contributed by atoms with Gasteiger partial charge in [-0.05, 0) is 63.3 Å². The molecule has 2 saturated heterocycles. The van der Waals surface area contributed by atoms with Crippen molar-refractivity contribution < 1.29 is 6.22 Å². The SMILES string of the molecule is CCN=C/C=C(\N)c1cc(NC(=O)N2C3CCCC2C3)ccc1C.[HH]. The maximum atomic E-state index is 12.5. The molecule has 130 valence electrons. The summed E-state index contributed by atoms with van der Waals surface area (Å²) in [5, 5.41) is 3.03. The maximum Gasteiger partial charge on any atom is 0.322 e. The summed E-state index contributed by atoms with van der Waals surface area (Å²) in [4.78, 5) is 18.7. The van der Waals surface area contributed by atoms with Crippen molar-refractivity contribution in [3.8, 4) is 0 Å². The molecule has 2 heterocycles. The molecule has 3 rings (SSSR count). The molecule has 5 nitrogen and oxygen atoms in total. The van der Waals surface area contributed by atoms with Crippen LogP contribution in [0.1, 0.15) is 45.2 Å². The van der Waals surface area contributed by atoms with Crippen molar-refractivity contribution in [3.05, 3.63) is 35.4 Å². The van der Waals surface area contributed by atoms with Crippen LogP contribution in [0.2, 0.25) is 0 Å². The fraction of sp³-hybridized carbons (Fsp3) is 0.474. The number of rotatable bonds is 4. The number of benzene rings is 1. The number of nitrogens with one attached hydrogen (secondary N) is 1. The number of nitrogens with zero attached hydrogens (tertiary/aromatic N) is 2. The summed E-state index contributed by atoms with van der Waals surface area (Å²) in [6.07, 6.45) is 8.21. The zero-order valence-electron chi connectivity index (χ0n) is 14.5. The van der Waals surface area contributed by atoms with Crippen LogP contribution in [-0.2, 0) is 0 Å². The van der Waals surface area contributed by atoms with E-state index >= 15 is 0 Å². The fourth-order valence-corrected chi connectivity index (χ4v) is 3.66. The zero-order chi connectivity index (χ0) is 17.1. The number of fused-ring (bicyclic) bond motifs is 2. The van der Waals surface area contributed by atoms with Gasteiger partial charge in [-0.3, -0.25) is 4.99 Å². The Hall–Kier alpha value is -2.30. The molecule has 2 unspecified atom stereocenters. The van der Waals surface area contributed by atoms with Gasteiger partial charge in [0.2, 0.25) is 0 Å². The van der Waals surface area contributed by atoms with Crippen molar-refractivity contribution in [2.45, 2.75) is 51.6 Å². The summed E-state index contributed by atoms with van der Waals surface area (Å²) < 4.78 is 0. The number of carbonyl (C=O) groups excluding carboxylic acids is 1. The molecule has 2 fully saturated rings. The standard InChI is InChI=1S/C19H26N4O.H2/c1-3-21-10-9-18(20)17-11-14(8-7-13(17)2)22-19(24)23-15-5-4-6-16(23)12-15;/h7-11,15-16H,3-6,12,20H2,1-2H3,(H,22,24);1H/b18-9-,21-10?;. The Kier molecular flexibility index (Phi) is 4.88. The van der Waals surface area contributed by atoms with Crippen molar-refractivity contribution in [2.24, 2.45) is 10.7 Å². The molecular formula is C19H28N4O. The second-order valence-corrected chi connectivity index (χ2v) is 6.61. The summed E-state index contributed by atoms with van der Waals surface area (Å²) >= 11 is 0. The van der Waals surface area contributed by atoms with Crippen molar-refractivity contribution in [1.29, 1.82) is 0 Å². The highest BCUT2D eigenvalue weighted by atomic mass is 16.2. The maximum absolute atomic E-state index is 12.5. The lowest BCUT2D eigenvalue weighted by Crippen LogP contribution is -2.62. The minimum Gasteiger partial charge on any atom is -0.398 e. The van der Waals surface area contributed by atoms with Gasteiger partial charge in [-0.1, -0.05) is 6.07 Å². The number of hydrogen-bond donors (Lipinski definition) is 2. The number of urea groups is 1. The summed E-state index contributed by atoms with van der Waals surface area (Å²) in [6.45, 7) is 4.72. The molecule has 5 heteroatoms. The lowest BCUT2D eigenvalue weighted by atomic mass is 9.80. The Bertz CT molecular complexity index is 672. The van der Waals surface area contributed by atoms with E-state index in [1.165, 1.54) is 12.8 Å². The molecule has 0 saturated carbocycles. The van der Waals surface area contributed by atoms with Gasteiger partial charge in [-0.2, -0.15) is 0 Å². The van der Waals surface area contributed by atoms with Crippen LogP contribution in [0, 0.1) is 6.92 Å².